The lowest BCUT2D eigenvalue weighted by Gasteiger charge is -2.30. The molecule has 1 fully saturated rings. The van der Waals surface area contributed by atoms with Gasteiger partial charge in [0.2, 0.25) is 17.6 Å². The van der Waals surface area contributed by atoms with Crippen molar-refractivity contribution in [2.24, 2.45) is 5.92 Å². The second kappa shape index (κ2) is 10.2. The monoisotopic (exact) mass is 461 g/mol. The molecule has 0 spiro atoms. The second-order valence-electron chi connectivity index (χ2n) is 9.67. The van der Waals surface area contributed by atoms with Crippen LogP contribution in [0.25, 0.3) is 11.4 Å². The zero-order valence-electron chi connectivity index (χ0n) is 19.9. The van der Waals surface area contributed by atoms with E-state index in [9.17, 15) is 9.59 Å². The molecule has 34 heavy (non-hydrogen) atoms. The number of para-hydroxylation sites is 1. The Hall–Kier alpha value is -3.52. The van der Waals surface area contributed by atoms with Gasteiger partial charge in [-0.25, -0.2) is 0 Å². The molecule has 2 heterocycles. The summed E-state index contributed by atoms with van der Waals surface area (Å²) in [5, 5.41) is 10.0. The Morgan fingerprint density at radius 1 is 1.03 bits per heavy atom. The molecule has 1 aliphatic heterocycles. The first-order valence-corrected chi connectivity index (χ1v) is 11.6. The van der Waals surface area contributed by atoms with E-state index >= 15 is 0 Å². The maximum Gasteiger partial charge on any atom is 0.253 e. The van der Waals surface area contributed by atoms with Crippen molar-refractivity contribution in [1.29, 1.82) is 0 Å². The van der Waals surface area contributed by atoms with Crippen molar-refractivity contribution in [2.45, 2.75) is 45.7 Å². The predicted molar refractivity (Wildman–Crippen MR) is 130 cm³/mol. The third-order valence-electron chi connectivity index (χ3n) is 5.74. The van der Waals surface area contributed by atoms with Crippen LogP contribution in [0.1, 0.15) is 49.9 Å². The first-order chi connectivity index (χ1) is 16.3. The quantitative estimate of drug-likeness (QED) is 0.573. The Morgan fingerprint density at radius 2 is 1.71 bits per heavy atom. The molecule has 0 unspecified atom stereocenters. The van der Waals surface area contributed by atoms with Gasteiger partial charge in [0.05, 0.1) is 17.8 Å². The normalized spacial score (nSPS) is 15.1. The van der Waals surface area contributed by atoms with E-state index in [2.05, 4.69) is 25.7 Å². The van der Waals surface area contributed by atoms with Crippen LogP contribution in [0.3, 0.4) is 0 Å². The maximum absolute atomic E-state index is 13.0. The number of nitrogens with one attached hydrogen (secondary N) is 2. The van der Waals surface area contributed by atoms with Crippen molar-refractivity contribution in [1.82, 2.24) is 20.4 Å². The number of amides is 2. The molecule has 1 aliphatic rings. The maximum atomic E-state index is 13.0. The zero-order chi connectivity index (χ0) is 24.1. The molecule has 2 aromatic carbocycles. The number of hydrogen-bond donors (Lipinski definition) is 2. The highest BCUT2D eigenvalue weighted by molar-refractivity contribution is 6.04. The molecule has 8 nitrogen and oxygen atoms in total. The van der Waals surface area contributed by atoms with Crippen LogP contribution in [0.2, 0.25) is 0 Å². The van der Waals surface area contributed by atoms with Gasteiger partial charge in [0.1, 0.15) is 0 Å². The summed E-state index contributed by atoms with van der Waals surface area (Å²) in [5.41, 5.74) is 1.57. The first kappa shape index (κ1) is 23.6. The summed E-state index contributed by atoms with van der Waals surface area (Å²) in [4.78, 5) is 32.3. The third-order valence-corrected chi connectivity index (χ3v) is 5.74. The summed E-state index contributed by atoms with van der Waals surface area (Å²) in [6.07, 6.45) is 1.45. The third kappa shape index (κ3) is 6.08. The number of likely N-dealkylation sites (tertiary alicyclic amines) is 1. The molecule has 178 valence electrons. The zero-order valence-corrected chi connectivity index (χ0v) is 19.9. The van der Waals surface area contributed by atoms with Crippen molar-refractivity contribution >= 4 is 17.5 Å². The van der Waals surface area contributed by atoms with Gasteiger partial charge in [0.15, 0.2) is 0 Å². The smallest absolute Gasteiger partial charge is 0.253 e. The molecule has 3 aromatic rings. The van der Waals surface area contributed by atoms with Gasteiger partial charge in [0, 0.05) is 17.0 Å². The van der Waals surface area contributed by atoms with Crippen molar-refractivity contribution in [3.05, 3.63) is 66.1 Å². The minimum absolute atomic E-state index is 0.0557. The van der Waals surface area contributed by atoms with E-state index in [1.165, 1.54) is 0 Å². The molecule has 2 amide bonds. The van der Waals surface area contributed by atoms with Crippen LogP contribution in [0.5, 0.6) is 0 Å². The van der Waals surface area contributed by atoms with E-state index in [0.29, 0.717) is 29.5 Å². The van der Waals surface area contributed by atoms with Gasteiger partial charge in [-0.1, -0.05) is 47.6 Å². The van der Waals surface area contributed by atoms with E-state index in [0.717, 1.165) is 31.5 Å². The lowest BCUT2D eigenvalue weighted by atomic mass is 9.95. The number of aromatic nitrogens is 2. The Balaban J connectivity index is 1.31. The number of rotatable bonds is 6. The molecule has 0 aliphatic carbocycles. The van der Waals surface area contributed by atoms with Crippen LogP contribution in [-0.2, 0) is 11.3 Å². The molecule has 0 radical (unpaired) electrons. The van der Waals surface area contributed by atoms with Crippen LogP contribution >= 0.6 is 0 Å². The van der Waals surface area contributed by atoms with Crippen molar-refractivity contribution < 1.29 is 14.1 Å². The predicted octanol–water partition coefficient (Wildman–Crippen LogP) is 4.12. The first-order valence-electron chi connectivity index (χ1n) is 11.6. The fourth-order valence-corrected chi connectivity index (χ4v) is 4.00. The van der Waals surface area contributed by atoms with E-state index in [1.54, 1.807) is 18.2 Å². The van der Waals surface area contributed by atoms with E-state index in [-0.39, 0.29) is 23.3 Å². The highest BCUT2D eigenvalue weighted by Gasteiger charge is 2.27. The number of piperidine rings is 1. The van der Waals surface area contributed by atoms with Gasteiger partial charge < -0.3 is 15.2 Å². The lowest BCUT2D eigenvalue weighted by molar-refractivity contribution is -0.121. The Bertz CT molecular complexity index is 1130. The molecule has 1 saturated heterocycles. The molecular formula is C26H31N5O3. The standard InChI is InChI=1S/C26H31N5O3/c1-26(2,3)29-25(33)20-11-7-8-12-21(20)27-24(32)19-13-15-31(16-14-19)17-22-28-23(30-34-22)18-9-5-4-6-10-18/h4-12,19H,13-17H2,1-3H3,(H,27,32)(H,29,33). The highest BCUT2D eigenvalue weighted by atomic mass is 16.5. The summed E-state index contributed by atoms with van der Waals surface area (Å²) < 4.78 is 5.43. The summed E-state index contributed by atoms with van der Waals surface area (Å²) in [6, 6.07) is 16.8. The molecule has 8 heteroatoms. The number of carbonyl (C=O) groups excluding carboxylic acids is 2. The average molecular weight is 462 g/mol. The Labute approximate surface area is 199 Å². The Kier molecular flexibility index (Phi) is 7.07. The number of anilines is 1. The van der Waals surface area contributed by atoms with Gasteiger partial charge in [-0.3, -0.25) is 14.5 Å². The fourth-order valence-electron chi connectivity index (χ4n) is 4.00. The van der Waals surface area contributed by atoms with Crippen molar-refractivity contribution in [3.63, 3.8) is 0 Å². The molecule has 4 rings (SSSR count). The van der Waals surface area contributed by atoms with Crippen molar-refractivity contribution in [3.8, 4) is 11.4 Å². The van der Waals surface area contributed by atoms with Crippen LogP contribution in [-0.4, -0.2) is 45.5 Å². The largest absolute Gasteiger partial charge is 0.347 e. The number of benzene rings is 2. The summed E-state index contributed by atoms with van der Waals surface area (Å²) in [6.45, 7) is 7.86. The second-order valence-corrected chi connectivity index (χ2v) is 9.67. The molecule has 1 aromatic heterocycles. The molecule has 0 atom stereocenters. The van der Waals surface area contributed by atoms with Crippen LogP contribution in [0.4, 0.5) is 5.69 Å². The number of carbonyl (C=O) groups is 2. The van der Waals surface area contributed by atoms with E-state index in [1.807, 2.05) is 57.2 Å². The van der Waals surface area contributed by atoms with Crippen LogP contribution in [0.15, 0.2) is 59.1 Å². The lowest BCUT2D eigenvalue weighted by Crippen LogP contribution is -2.41. The molecular weight excluding hydrogens is 430 g/mol. The average Bonchev–Trinajstić information content (AvgIpc) is 3.28. The SMILES string of the molecule is CC(C)(C)NC(=O)c1ccccc1NC(=O)C1CCN(Cc2nc(-c3ccccc3)no2)CC1. The molecule has 2 N–H and O–H groups in total. The summed E-state index contributed by atoms with van der Waals surface area (Å²) in [7, 11) is 0. The Morgan fingerprint density at radius 3 is 2.41 bits per heavy atom. The topological polar surface area (TPSA) is 100 Å². The highest BCUT2D eigenvalue weighted by Crippen LogP contribution is 2.23. The minimum Gasteiger partial charge on any atom is -0.347 e. The molecule has 0 saturated carbocycles. The number of nitrogens with zero attached hydrogens (tertiary/aromatic N) is 3. The summed E-state index contributed by atoms with van der Waals surface area (Å²) in [5.74, 6) is 0.782. The van der Waals surface area contributed by atoms with Gasteiger partial charge in [-0.05, 0) is 58.8 Å². The van der Waals surface area contributed by atoms with E-state index in [4.69, 9.17) is 4.52 Å². The number of hydrogen-bond acceptors (Lipinski definition) is 6. The van der Waals surface area contributed by atoms with Gasteiger partial charge in [-0.2, -0.15) is 4.98 Å². The van der Waals surface area contributed by atoms with Crippen LogP contribution in [0, 0.1) is 5.92 Å². The van der Waals surface area contributed by atoms with Gasteiger partial charge in [0.25, 0.3) is 5.91 Å². The van der Waals surface area contributed by atoms with Gasteiger partial charge >= 0.3 is 0 Å². The minimum atomic E-state index is -0.360. The van der Waals surface area contributed by atoms with E-state index < -0.39 is 0 Å². The van der Waals surface area contributed by atoms with Crippen molar-refractivity contribution in [2.75, 3.05) is 18.4 Å². The van der Waals surface area contributed by atoms with Gasteiger partial charge in [-0.15, -0.1) is 0 Å². The molecule has 0 bridgehead atoms. The fraction of sp³-hybridized carbons (Fsp3) is 0.385. The van der Waals surface area contributed by atoms with Crippen LogP contribution < -0.4 is 10.6 Å². The summed E-state index contributed by atoms with van der Waals surface area (Å²) >= 11 is 0.